The quantitative estimate of drug-likeness (QED) is 0.657. The lowest BCUT2D eigenvalue weighted by Crippen LogP contribution is -2.50. The molecule has 0 spiro atoms. The van der Waals surface area contributed by atoms with Crippen molar-refractivity contribution < 1.29 is 14.0 Å². The fourth-order valence-corrected chi connectivity index (χ4v) is 4.05. The predicted molar refractivity (Wildman–Crippen MR) is 124 cm³/mol. The Balaban J connectivity index is 1.69. The molecule has 3 rings (SSSR count). The first-order valence-corrected chi connectivity index (χ1v) is 11.4. The van der Waals surface area contributed by atoms with Crippen molar-refractivity contribution in [2.24, 2.45) is 5.92 Å². The van der Waals surface area contributed by atoms with Crippen molar-refractivity contribution in [1.29, 1.82) is 0 Å². The van der Waals surface area contributed by atoms with Crippen LogP contribution in [0.1, 0.15) is 60.8 Å². The summed E-state index contributed by atoms with van der Waals surface area (Å²) in [7, 11) is 0. The van der Waals surface area contributed by atoms with Crippen LogP contribution in [0.15, 0.2) is 28.9 Å². The number of carbonyl (C=O) groups is 2. The van der Waals surface area contributed by atoms with Gasteiger partial charge in [-0.3, -0.25) is 14.5 Å². The molecule has 1 fully saturated rings. The Bertz CT molecular complexity index is 944. The van der Waals surface area contributed by atoms with E-state index in [2.05, 4.69) is 62.7 Å². The van der Waals surface area contributed by atoms with Crippen LogP contribution in [0.25, 0.3) is 0 Å². The van der Waals surface area contributed by atoms with E-state index in [0.29, 0.717) is 56.3 Å². The summed E-state index contributed by atoms with van der Waals surface area (Å²) in [6.45, 7) is 15.9. The maximum Gasteiger partial charge on any atom is 0.275 e. The molecule has 0 aliphatic carbocycles. The van der Waals surface area contributed by atoms with E-state index in [-0.39, 0.29) is 11.8 Å². The molecule has 0 N–H and O–H groups in total. The van der Waals surface area contributed by atoms with Crippen molar-refractivity contribution in [3.05, 3.63) is 52.7 Å². The van der Waals surface area contributed by atoms with Crippen LogP contribution in [0.5, 0.6) is 0 Å². The van der Waals surface area contributed by atoms with E-state index in [4.69, 9.17) is 4.42 Å². The van der Waals surface area contributed by atoms with Gasteiger partial charge in [-0.2, -0.15) is 0 Å². The zero-order chi connectivity index (χ0) is 23.4. The zero-order valence-corrected chi connectivity index (χ0v) is 20.2. The summed E-state index contributed by atoms with van der Waals surface area (Å²) in [5, 5.41) is 0. The Morgan fingerprint density at radius 3 is 2.31 bits per heavy atom. The monoisotopic (exact) mass is 440 g/mol. The molecule has 0 bridgehead atoms. The summed E-state index contributed by atoms with van der Waals surface area (Å²) in [6.07, 6.45) is 1.46. The zero-order valence-electron chi connectivity index (χ0n) is 20.2. The minimum atomic E-state index is -0.138. The average molecular weight is 441 g/mol. The van der Waals surface area contributed by atoms with Crippen molar-refractivity contribution >= 4 is 11.8 Å². The Morgan fingerprint density at radius 1 is 1.06 bits per heavy atom. The van der Waals surface area contributed by atoms with Gasteiger partial charge in [-0.25, -0.2) is 4.98 Å². The molecule has 1 aromatic carbocycles. The highest BCUT2D eigenvalue weighted by Crippen LogP contribution is 2.21. The number of hydrogen-bond acceptors (Lipinski definition) is 5. The second kappa shape index (κ2) is 10.3. The topological polar surface area (TPSA) is 69.9 Å². The van der Waals surface area contributed by atoms with Gasteiger partial charge in [-0.05, 0) is 37.8 Å². The van der Waals surface area contributed by atoms with Gasteiger partial charge in [0.2, 0.25) is 11.8 Å². The Labute approximate surface area is 191 Å². The highest BCUT2D eigenvalue weighted by atomic mass is 16.3. The number of rotatable bonds is 7. The van der Waals surface area contributed by atoms with E-state index in [9.17, 15) is 9.59 Å². The van der Waals surface area contributed by atoms with Crippen LogP contribution in [0.3, 0.4) is 0 Å². The van der Waals surface area contributed by atoms with Gasteiger partial charge in [-0.1, -0.05) is 37.6 Å². The highest BCUT2D eigenvalue weighted by molar-refractivity contribution is 5.92. The molecule has 2 amide bonds. The van der Waals surface area contributed by atoms with Crippen molar-refractivity contribution in [3.8, 4) is 0 Å². The number of aromatic nitrogens is 1. The number of amides is 2. The molecular formula is C25H36N4O3. The summed E-state index contributed by atoms with van der Waals surface area (Å²) >= 11 is 0. The molecule has 0 saturated carbocycles. The number of oxazole rings is 1. The lowest BCUT2D eigenvalue weighted by molar-refractivity contribution is -0.130. The van der Waals surface area contributed by atoms with Crippen molar-refractivity contribution in [2.75, 3.05) is 26.2 Å². The standard InChI is InChI=1S/C25H36N4O3/c1-17(2)20(5)29(14-22-8-7-18(3)13-19(22)4)15-24-26-23(16-32-24)25(31)28-11-9-27(10-12-28)21(6)30/h7-8,13,16-17,20H,9-12,14-15H2,1-6H3. The number of carbonyl (C=O) groups excluding carboxylic acids is 2. The summed E-state index contributed by atoms with van der Waals surface area (Å²) in [6, 6.07) is 6.87. The average Bonchev–Trinajstić information content (AvgIpc) is 3.22. The number of nitrogens with zero attached hydrogens (tertiary/aromatic N) is 4. The van der Waals surface area contributed by atoms with E-state index in [0.717, 1.165) is 6.54 Å². The van der Waals surface area contributed by atoms with E-state index in [1.807, 2.05) is 0 Å². The van der Waals surface area contributed by atoms with E-state index < -0.39 is 0 Å². The van der Waals surface area contributed by atoms with E-state index >= 15 is 0 Å². The van der Waals surface area contributed by atoms with Crippen LogP contribution >= 0.6 is 0 Å². The lowest BCUT2D eigenvalue weighted by Gasteiger charge is -2.33. The highest BCUT2D eigenvalue weighted by Gasteiger charge is 2.26. The number of hydrogen-bond donors (Lipinski definition) is 0. The molecule has 0 radical (unpaired) electrons. The van der Waals surface area contributed by atoms with Crippen molar-refractivity contribution in [2.45, 2.75) is 60.7 Å². The Kier molecular flexibility index (Phi) is 7.72. The molecule has 7 heteroatoms. The molecule has 1 aromatic heterocycles. The normalized spacial score (nSPS) is 15.5. The van der Waals surface area contributed by atoms with E-state index in [1.54, 1.807) is 16.7 Å². The van der Waals surface area contributed by atoms with Gasteiger partial charge < -0.3 is 14.2 Å². The molecule has 1 atom stereocenters. The molecule has 2 aromatic rings. The van der Waals surface area contributed by atoms with E-state index in [1.165, 1.54) is 23.0 Å². The van der Waals surface area contributed by atoms with Crippen molar-refractivity contribution in [3.63, 3.8) is 0 Å². The maximum absolute atomic E-state index is 12.9. The van der Waals surface area contributed by atoms with Crippen LogP contribution in [0.2, 0.25) is 0 Å². The lowest BCUT2D eigenvalue weighted by atomic mass is 10.0. The van der Waals surface area contributed by atoms with Crippen LogP contribution < -0.4 is 0 Å². The second-order valence-electron chi connectivity index (χ2n) is 9.24. The first-order chi connectivity index (χ1) is 15.2. The van der Waals surface area contributed by atoms with Gasteiger partial charge in [0.05, 0.1) is 6.54 Å². The maximum atomic E-state index is 12.9. The third-order valence-corrected chi connectivity index (χ3v) is 6.53. The van der Waals surface area contributed by atoms with Gasteiger partial charge in [0.15, 0.2) is 5.69 Å². The van der Waals surface area contributed by atoms with Gasteiger partial charge in [0.1, 0.15) is 6.26 Å². The third-order valence-electron chi connectivity index (χ3n) is 6.53. The van der Waals surface area contributed by atoms with Crippen LogP contribution in [0, 0.1) is 19.8 Å². The number of aryl methyl sites for hydroxylation is 2. The summed E-state index contributed by atoms with van der Waals surface area (Å²) in [4.78, 5) is 34.8. The molecule has 1 saturated heterocycles. The minimum Gasteiger partial charge on any atom is -0.447 e. The Hall–Kier alpha value is -2.67. The fourth-order valence-electron chi connectivity index (χ4n) is 4.05. The van der Waals surface area contributed by atoms with Crippen LogP contribution in [-0.4, -0.2) is 63.7 Å². The van der Waals surface area contributed by atoms with Crippen molar-refractivity contribution in [1.82, 2.24) is 19.7 Å². The summed E-state index contributed by atoms with van der Waals surface area (Å²) in [5.74, 6) is 0.924. The molecule has 1 aliphatic heterocycles. The predicted octanol–water partition coefficient (Wildman–Crippen LogP) is 3.64. The minimum absolute atomic E-state index is 0.0454. The molecule has 32 heavy (non-hydrogen) atoms. The fraction of sp³-hybridized carbons (Fsp3) is 0.560. The largest absolute Gasteiger partial charge is 0.447 e. The summed E-state index contributed by atoms with van der Waals surface area (Å²) < 4.78 is 5.72. The van der Waals surface area contributed by atoms with Gasteiger partial charge >= 0.3 is 0 Å². The molecule has 7 nitrogen and oxygen atoms in total. The first-order valence-electron chi connectivity index (χ1n) is 11.4. The smallest absolute Gasteiger partial charge is 0.275 e. The van der Waals surface area contributed by atoms with Crippen LogP contribution in [0.4, 0.5) is 0 Å². The Morgan fingerprint density at radius 2 is 1.72 bits per heavy atom. The van der Waals surface area contributed by atoms with Crippen LogP contribution in [-0.2, 0) is 17.9 Å². The number of piperazine rings is 1. The van der Waals surface area contributed by atoms with Gasteiger partial charge in [0.25, 0.3) is 5.91 Å². The second-order valence-corrected chi connectivity index (χ2v) is 9.24. The molecule has 1 unspecified atom stereocenters. The third kappa shape index (κ3) is 5.76. The molecular weight excluding hydrogens is 404 g/mol. The number of benzene rings is 1. The SMILES string of the molecule is CC(=O)N1CCN(C(=O)c2coc(CN(Cc3ccc(C)cc3C)C(C)C(C)C)n2)CC1. The molecule has 1 aliphatic rings. The molecule has 2 heterocycles. The molecule has 174 valence electrons. The first kappa shape index (κ1) is 24.0. The van der Waals surface area contributed by atoms with Gasteiger partial charge in [-0.15, -0.1) is 0 Å². The van der Waals surface area contributed by atoms with Gasteiger partial charge in [0, 0.05) is 45.7 Å². The summed E-state index contributed by atoms with van der Waals surface area (Å²) in [5.41, 5.74) is 4.16.